The molecule has 21 heavy (non-hydrogen) atoms. The number of aryl methyl sites for hydroxylation is 1. The summed E-state index contributed by atoms with van der Waals surface area (Å²) in [5, 5.41) is 9.04. The van der Waals surface area contributed by atoms with Crippen LogP contribution in [0, 0.1) is 0 Å². The molecule has 1 fully saturated rings. The minimum atomic E-state index is -1.02. The first kappa shape index (κ1) is 15.5. The van der Waals surface area contributed by atoms with Crippen molar-refractivity contribution in [2.45, 2.75) is 38.9 Å². The molecule has 0 aliphatic carbocycles. The van der Waals surface area contributed by atoms with E-state index in [0.29, 0.717) is 13.0 Å². The van der Waals surface area contributed by atoms with Gasteiger partial charge in [0.15, 0.2) is 6.10 Å². The number of hydrogen-bond donors (Lipinski definition) is 1. The summed E-state index contributed by atoms with van der Waals surface area (Å²) in [5.74, 6) is -1.08. The normalized spacial score (nSPS) is 22.1. The number of rotatable bonds is 4. The van der Waals surface area contributed by atoms with Gasteiger partial charge >= 0.3 is 5.97 Å². The standard InChI is InChI=1S/C16H21NO4/c1-3-12-4-6-13(7-5-12)8-15(18)17-9-11(2)21-14(10-17)16(19)20/h4-7,11,14H,3,8-10H2,1-2H3,(H,19,20)/t11-,14?/m1/s1. The molecule has 1 unspecified atom stereocenters. The number of ether oxygens (including phenoxy) is 1. The van der Waals surface area contributed by atoms with Crippen molar-refractivity contribution in [2.24, 2.45) is 0 Å². The number of aliphatic carboxylic acids is 1. The molecule has 114 valence electrons. The molecule has 0 aromatic heterocycles. The van der Waals surface area contributed by atoms with Crippen molar-refractivity contribution in [3.8, 4) is 0 Å². The molecule has 1 amide bonds. The van der Waals surface area contributed by atoms with Gasteiger partial charge in [-0.3, -0.25) is 4.79 Å². The van der Waals surface area contributed by atoms with Crippen LogP contribution < -0.4 is 0 Å². The average Bonchev–Trinajstić information content (AvgIpc) is 2.47. The highest BCUT2D eigenvalue weighted by atomic mass is 16.5. The van der Waals surface area contributed by atoms with Crippen LogP contribution in [0.2, 0.25) is 0 Å². The zero-order chi connectivity index (χ0) is 15.4. The molecular formula is C16H21NO4. The van der Waals surface area contributed by atoms with Gasteiger partial charge in [0, 0.05) is 6.54 Å². The third kappa shape index (κ3) is 4.04. The zero-order valence-electron chi connectivity index (χ0n) is 12.4. The zero-order valence-corrected chi connectivity index (χ0v) is 12.4. The van der Waals surface area contributed by atoms with Gasteiger partial charge in [-0.15, -0.1) is 0 Å². The Morgan fingerprint density at radius 2 is 1.86 bits per heavy atom. The number of carboxylic acids is 1. The lowest BCUT2D eigenvalue weighted by atomic mass is 10.1. The number of hydrogen-bond acceptors (Lipinski definition) is 3. The molecule has 5 heteroatoms. The van der Waals surface area contributed by atoms with E-state index in [-0.39, 0.29) is 18.6 Å². The Labute approximate surface area is 124 Å². The molecule has 1 heterocycles. The summed E-state index contributed by atoms with van der Waals surface area (Å²) in [4.78, 5) is 24.9. The monoisotopic (exact) mass is 291 g/mol. The van der Waals surface area contributed by atoms with E-state index in [0.717, 1.165) is 12.0 Å². The lowest BCUT2D eigenvalue weighted by molar-refractivity contribution is -0.166. The Bertz CT molecular complexity index is 512. The average molecular weight is 291 g/mol. The molecule has 1 aliphatic rings. The van der Waals surface area contributed by atoms with Crippen LogP contribution in [-0.4, -0.2) is 47.2 Å². The van der Waals surface area contributed by atoms with Gasteiger partial charge in [-0.2, -0.15) is 0 Å². The number of carbonyl (C=O) groups excluding carboxylic acids is 1. The fourth-order valence-corrected chi connectivity index (χ4v) is 2.47. The minimum absolute atomic E-state index is 0.0550. The molecule has 1 aromatic rings. The maximum atomic E-state index is 12.3. The molecule has 5 nitrogen and oxygen atoms in total. The van der Waals surface area contributed by atoms with Gasteiger partial charge in [-0.1, -0.05) is 31.2 Å². The Kier molecular flexibility index (Phi) is 4.96. The van der Waals surface area contributed by atoms with Gasteiger partial charge < -0.3 is 14.7 Å². The number of benzene rings is 1. The quantitative estimate of drug-likeness (QED) is 0.912. The summed E-state index contributed by atoms with van der Waals surface area (Å²) in [6.07, 6.45) is 0.0740. The van der Waals surface area contributed by atoms with E-state index in [4.69, 9.17) is 9.84 Å². The summed E-state index contributed by atoms with van der Waals surface area (Å²) in [7, 11) is 0. The van der Waals surface area contributed by atoms with Crippen LogP contribution in [0.3, 0.4) is 0 Å². The Balaban J connectivity index is 1.99. The second-order valence-corrected chi connectivity index (χ2v) is 5.42. The molecule has 0 radical (unpaired) electrons. The second-order valence-electron chi connectivity index (χ2n) is 5.42. The van der Waals surface area contributed by atoms with Crippen LogP contribution in [0.5, 0.6) is 0 Å². The van der Waals surface area contributed by atoms with Gasteiger partial charge in [0.1, 0.15) is 0 Å². The SMILES string of the molecule is CCc1ccc(CC(=O)N2CC(C(=O)O)O[C@H](C)C2)cc1. The highest BCUT2D eigenvalue weighted by Gasteiger charge is 2.32. The van der Waals surface area contributed by atoms with E-state index in [9.17, 15) is 9.59 Å². The Morgan fingerprint density at radius 3 is 2.43 bits per heavy atom. The van der Waals surface area contributed by atoms with Crippen LogP contribution >= 0.6 is 0 Å². The topological polar surface area (TPSA) is 66.8 Å². The summed E-state index contributed by atoms with van der Waals surface area (Å²) in [5.41, 5.74) is 2.18. The minimum Gasteiger partial charge on any atom is -0.479 e. The van der Waals surface area contributed by atoms with Crippen LogP contribution in [0.1, 0.15) is 25.0 Å². The maximum absolute atomic E-state index is 12.3. The number of carboxylic acid groups (broad SMARTS) is 1. The highest BCUT2D eigenvalue weighted by molar-refractivity contribution is 5.80. The molecule has 0 saturated carbocycles. The summed E-state index contributed by atoms with van der Waals surface area (Å²) < 4.78 is 5.32. The van der Waals surface area contributed by atoms with Crippen molar-refractivity contribution >= 4 is 11.9 Å². The molecule has 2 atom stereocenters. The van der Waals surface area contributed by atoms with E-state index in [1.165, 1.54) is 5.56 Å². The first-order valence-corrected chi connectivity index (χ1v) is 7.23. The van der Waals surface area contributed by atoms with E-state index in [2.05, 4.69) is 6.92 Å². The van der Waals surface area contributed by atoms with Crippen LogP contribution in [0.4, 0.5) is 0 Å². The fraction of sp³-hybridized carbons (Fsp3) is 0.500. The summed E-state index contributed by atoms with van der Waals surface area (Å²) >= 11 is 0. The number of morpholine rings is 1. The molecule has 2 rings (SSSR count). The van der Waals surface area contributed by atoms with Gasteiger partial charge in [-0.05, 0) is 24.5 Å². The maximum Gasteiger partial charge on any atom is 0.334 e. The first-order chi connectivity index (χ1) is 9.99. The predicted molar refractivity (Wildman–Crippen MR) is 78.1 cm³/mol. The molecule has 0 bridgehead atoms. The third-order valence-electron chi connectivity index (χ3n) is 3.67. The number of amides is 1. The molecule has 1 aliphatic heterocycles. The molecule has 0 spiro atoms. The predicted octanol–water partition coefficient (Wildman–Crippen LogP) is 1.49. The number of carbonyl (C=O) groups is 2. The number of nitrogens with zero attached hydrogens (tertiary/aromatic N) is 1. The van der Waals surface area contributed by atoms with E-state index >= 15 is 0 Å². The van der Waals surface area contributed by atoms with Gasteiger partial charge in [0.2, 0.25) is 5.91 Å². The summed E-state index contributed by atoms with van der Waals surface area (Å²) in [6.45, 7) is 4.42. The van der Waals surface area contributed by atoms with Crippen molar-refractivity contribution in [3.63, 3.8) is 0 Å². The van der Waals surface area contributed by atoms with Crippen molar-refractivity contribution < 1.29 is 19.4 Å². The van der Waals surface area contributed by atoms with Crippen molar-refractivity contribution in [1.29, 1.82) is 0 Å². The Morgan fingerprint density at radius 1 is 1.24 bits per heavy atom. The lowest BCUT2D eigenvalue weighted by Gasteiger charge is -2.35. The van der Waals surface area contributed by atoms with Crippen molar-refractivity contribution in [1.82, 2.24) is 4.90 Å². The smallest absolute Gasteiger partial charge is 0.334 e. The van der Waals surface area contributed by atoms with Crippen LogP contribution in [0.15, 0.2) is 24.3 Å². The van der Waals surface area contributed by atoms with E-state index < -0.39 is 12.1 Å². The lowest BCUT2D eigenvalue weighted by Crippen LogP contribution is -2.52. The first-order valence-electron chi connectivity index (χ1n) is 7.23. The highest BCUT2D eigenvalue weighted by Crippen LogP contribution is 2.14. The van der Waals surface area contributed by atoms with Gasteiger partial charge in [-0.25, -0.2) is 4.79 Å². The summed E-state index contributed by atoms with van der Waals surface area (Å²) in [6, 6.07) is 7.94. The largest absolute Gasteiger partial charge is 0.479 e. The molecule has 1 N–H and O–H groups in total. The van der Waals surface area contributed by atoms with E-state index in [1.807, 2.05) is 24.3 Å². The van der Waals surface area contributed by atoms with Gasteiger partial charge in [0.05, 0.1) is 19.1 Å². The van der Waals surface area contributed by atoms with Gasteiger partial charge in [0.25, 0.3) is 0 Å². The second kappa shape index (κ2) is 6.72. The Hall–Kier alpha value is -1.88. The van der Waals surface area contributed by atoms with Crippen molar-refractivity contribution in [2.75, 3.05) is 13.1 Å². The van der Waals surface area contributed by atoms with Crippen LogP contribution in [0.25, 0.3) is 0 Å². The van der Waals surface area contributed by atoms with E-state index in [1.54, 1.807) is 11.8 Å². The molecular weight excluding hydrogens is 270 g/mol. The fourth-order valence-electron chi connectivity index (χ4n) is 2.47. The third-order valence-corrected chi connectivity index (χ3v) is 3.67. The van der Waals surface area contributed by atoms with Crippen LogP contribution in [-0.2, 0) is 27.2 Å². The molecule has 1 aromatic carbocycles. The van der Waals surface area contributed by atoms with Crippen molar-refractivity contribution in [3.05, 3.63) is 35.4 Å². The molecule has 1 saturated heterocycles.